The van der Waals surface area contributed by atoms with Crippen molar-refractivity contribution in [1.29, 1.82) is 0 Å². The molecule has 0 radical (unpaired) electrons. The second-order valence-corrected chi connectivity index (χ2v) is 6.99. The van der Waals surface area contributed by atoms with E-state index in [1.807, 2.05) is 0 Å². The largest absolute Gasteiger partial charge is 0.481 e. The molecule has 0 aliphatic carbocycles. The first-order valence-corrected chi connectivity index (χ1v) is 9.30. The van der Waals surface area contributed by atoms with Crippen LogP contribution < -0.4 is 4.74 Å². The minimum Gasteiger partial charge on any atom is -0.481 e. The normalized spacial score (nSPS) is 11.2. The van der Waals surface area contributed by atoms with E-state index in [2.05, 4.69) is 20.1 Å². The van der Waals surface area contributed by atoms with Crippen molar-refractivity contribution < 1.29 is 19.0 Å². The zero-order valence-corrected chi connectivity index (χ0v) is 16.7. The third-order valence-electron chi connectivity index (χ3n) is 5.04. The van der Waals surface area contributed by atoms with E-state index in [1.54, 1.807) is 42.8 Å². The average Bonchev–Trinajstić information content (AvgIpc) is 3.25. The topological polar surface area (TPSA) is 106 Å². The van der Waals surface area contributed by atoms with Crippen LogP contribution in [0, 0.1) is 19.7 Å². The maximum atomic E-state index is 14.8. The minimum absolute atomic E-state index is 0.107. The van der Waals surface area contributed by atoms with Crippen molar-refractivity contribution in [3.63, 3.8) is 0 Å². The second kappa shape index (κ2) is 7.58. The number of aromatic amines is 1. The maximum Gasteiger partial charge on any atom is 0.307 e. The number of hydrogen-bond donors (Lipinski definition) is 2. The number of aliphatic carboxylic acids is 1. The van der Waals surface area contributed by atoms with Crippen LogP contribution in [0.5, 0.6) is 5.88 Å². The van der Waals surface area contributed by atoms with Crippen molar-refractivity contribution in [2.24, 2.45) is 0 Å². The highest BCUT2D eigenvalue weighted by Gasteiger charge is 2.16. The summed E-state index contributed by atoms with van der Waals surface area (Å²) in [6, 6.07) is 8.39. The number of fused-ring (bicyclic) bond motifs is 1. The molecule has 0 atom stereocenters. The Bertz CT molecular complexity index is 1260. The fourth-order valence-electron chi connectivity index (χ4n) is 3.40. The van der Waals surface area contributed by atoms with Gasteiger partial charge in [-0.15, -0.1) is 0 Å². The summed E-state index contributed by atoms with van der Waals surface area (Å²) >= 11 is 0. The number of carboxylic acids is 1. The number of nitrogens with zero attached hydrogens (tertiary/aromatic N) is 4. The van der Waals surface area contributed by atoms with Gasteiger partial charge < -0.3 is 14.8 Å². The number of nitrogens with one attached hydrogen (secondary N) is 1. The number of methoxy groups -OCH3 is 1. The lowest BCUT2D eigenvalue weighted by atomic mass is 10.1. The molecule has 0 aliphatic rings. The molecule has 0 saturated heterocycles. The molecule has 0 amide bonds. The molecule has 0 bridgehead atoms. The summed E-state index contributed by atoms with van der Waals surface area (Å²) in [6.45, 7) is 3.75. The van der Waals surface area contributed by atoms with Gasteiger partial charge in [-0.2, -0.15) is 10.1 Å². The van der Waals surface area contributed by atoms with E-state index in [1.165, 1.54) is 13.2 Å². The zero-order valence-electron chi connectivity index (χ0n) is 16.7. The number of aromatic nitrogens is 5. The molecular formula is C21H20FN5O3. The molecule has 0 unspecified atom stereocenters. The number of aryl methyl sites for hydroxylation is 1. The minimum atomic E-state index is -0.922. The summed E-state index contributed by atoms with van der Waals surface area (Å²) in [5.41, 5.74) is 4.26. The Morgan fingerprint density at radius 3 is 2.73 bits per heavy atom. The van der Waals surface area contributed by atoms with Crippen molar-refractivity contribution >= 4 is 17.1 Å². The summed E-state index contributed by atoms with van der Waals surface area (Å²) in [4.78, 5) is 22.9. The van der Waals surface area contributed by atoms with Gasteiger partial charge in [-0.3, -0.25) is 9.48 Å². The predicted octanol–water partition coefficient (Wildman–Crippen LogP) is 3.26. The Kier molecular flexibility index (Phi) is 4.94. The number of pyridine rings is 1. The Morgan fingerprint density at radius 1 is 1.23 bits per heavy atom. The lowest BCUT2D eigenvalue weighted by molar-refractivity contribution is -0.136. The fourth-order valence-corrected chi connectivity index (χ4v) is 3.40. The van der Waals surface area contributed by atoms with Crippen LogP contribution in [-0.2, 0) is 17.8 Å². The van der Waals surface area contributed by atoms with Crippen molar-refractivity contribution in [2.45, 2.75) is 26.8 Å². The van der Waals surface area contributed by atoms with Gasteiger partial charge >= 0.3 is 5.97 Å². The third kappa shape index (κ3) is 3.61. The number of benzene rings is 1. The zero-order chi connectivity index (χ0) is 21.4. The van der Waals surface area contributed by atoms with Crippen molar-refractivity contribution in [2.75, 3.05) is 7.11 Å². The number of imidazole rings is 1. The van der Waals surface area contributed by atoms with Crippen LogP contribution in [0.25, 0.3) is 22.6 Å². The van der Waals surface area contributed by atoms with E-state index in [0.717, 1.165) is 11.2 Å². The molecule has 3 aromatic heterocycles. The summed E-state index contributed by atoms with van der Waals surface area (Å²) in [6.07, 6.45) is -0.107. The number of halogens is 1. The molecule has 0 fully saturated rings. The van der Waals surface area contributed by atoms with Gasteiger partial charge in [-0.25, -0.2) is 9.37 Å². The third-order valence-corrected chi connectivity index (χ3v) is 5.04. The van der Waals surface area contributed by atoms with Gasteiger partial charge in [0.25, 0.3) is 0 Å². The molecule has 30 heavy (non-hydrogen) atoms. The molecule has 4 aromatic rings. The molecule has 3 heterocycles. The van der Waals surface area contributed by atoms with E-state index in [0.29, 0.717) is 39.7 Å². The van der Waals surface area contributed by atoms with Gasteiger partial charge in [0.05, 0.1) is 31.3 Å². The Morgan fingerprint density at radius 2 is 2.03 bits per heavy atom. The second-order valence-electron chi connectivity index (χ2n) is 6.99. The Balaban J connectivity index is 1.62. The van der Waals surface area contributed by atoms with E-state index in [4.69, 9.17) is 9.84 Å². The van der Waals surface area contributed by atoms with Gasteiger partial charge in [0.1, 0.15) is 11.6 Å². The number of ether oxygens (including phenoxy) is 1. The van der Waals surface area contributed by atoms with E-state index < -0.39 is 11.8 Å². The van der Waals surface area contributed by atoms with Crippen LogP contribution in [0.15, 0.2) is 30.3 Å². The lowest BCUT2D eigenvalue weighted by Crippen LogP contribution is -2.07. The lowest BCUT2D eigenvalue weighted by Gasteiger charge is -2.08. The van der Waals surface area contributed by atoms with Crippen molar-refractivity contribution in [3.8, 4) is 17.3 Å². The van der Waals surface area contributed by atoms with Crippen LogP contribution in [-0.4, -0.2) is 42.9 Å². The molecule has 1 aromatic carbocycles. The molecular weight excluding hydrogens is 389 g/mol. The SMILES string of the molecule is COc1ccc2[nH]c(-c3ccc(Cn4nc(C)c(CC(=O)O)c4C)c(F)c3)nc2n1. The van der Waals surface area contributed by atoms with E-state index in [-0.39, 0.29) is 13.0 Å². The highest BCUT2D eigenvalue weighted by Crippen LogP contribution is 2.24. The van der Waals surface area contributed by atoms with Gasteiger partial charge in [0, 0.05) is 28.5 Å². The van der Waals surface area contributed by atoms with Crippen LogP contribution >= 0.6 is 0 Å². The van der Waals surface area contributed by atoms with Gasteiger partial charge in [0.15, 0.2) is 5.65 Å². The number of H-pyrrole nitrogens is 1. The van der Waals surface area contributed by atoms with Crippen molar-refractivity contribution in [3.05, 3.63) is 58.7 Å². The molecule has 9 heteroatoms. The summed E-state index contributed by atoms with van der Waals surface area (Å²) in [5.74, 6) is -0.361. The average molecular weight is 409 g/mol. The fraction of sp³-hybridized carbons (Fsp3) is 0.238. The number of rotatable bonds is 6. The highest BCUT2D eigenvalue weighted by atomic mass is 19.1. The molecule has 154 valence electrons. The highest BCUT2D eigenvalue weighted by molar-refractivity contribution is 5.76. The van der Waals surface area contributed by atoms with Crippen LogP contribution in [0.1, 0.15) is 22.5 Å². The maximum absolute atomic E-state index is 14.8. The van der Waals surface area contributed by atoms with Crippen molar-refractivity contribution in [1.82, 2.24) is 24.7 Å². The van der Waals surface area contributed by atoms with E-state index >= 15 is 0 Å². The first kappa shape index (κ1) is 19.6. The quantitative estimate of drug-likeness (QED) is 0.506. The van der Waals surface area contributed by atoms with Crippen LogP contribution in [0.3, 0.4) is 0 Å². The smallest absolute Gasteiger partial charge is 0.307 e. The molecule has 0 saturated carbocycles. The standard InChI is InChI=1S/C21H20FN5O3/c1-11-15(9-19(28)29)12(2)27(26-11)10-14-5-4-13(8-16(14)22)20-23-17-6-7-18(30-3)24-21(17)25-20/h4-8H,9-10H2,1-3H3,(H,28,29)(H,23,24,25). The monoisotopic (exact) mass is 409 g/mol. The van der Waals surface area contributed by atoms with Crippen LogP contribution in [0.4, 0.5) is 4.39 Å². The van der Waals surface area contributed by atoms with Gasteiger partial charge in [-0.1, -0.05) is 12.1 Å². The van der Waals surface area contributed by atoms with Gasteiger partial charge in [-0.05, 0) is 26.0 Å². The summed E-state index contributed by atoms with van der Waals surface area (Å²) < 4.78 is 21.6. The number of carbonyl (C=O) groups is 1. The first-order chi connectivity index (χ1) is 14.4. The number of hydrogen-bond acceptors (Lipinski definition) is 5. The van der Waals surface area contributed by atoms with E-state index in [9.17, 15) is 9.18 Å². The molecule has 0 aliphatic heterocycles. The molecule has 0 spiro atoms. The summed E-state index contributed by atoms with van der Waals surface area (Å²) in [7, 11) is 1.53. The first-order valence-electron chi connectivity index (χ1n) is 9.30. The van der Waals surface area contributed by atoms with Crippen LogP contribution in [0.2, 0.25) is 0 Å². The predicted molar refractivity (Wildman–Crippen MR) is 108 cm³/mol. The molecule has 8 nitrogen and oxygen atoms in total. The Hall–Kier alpha value is -3.75. The molecule has 2 N–H and O–H groups in total. The molecule has 4 rings (SSSR count). The van der Waals surface area contributed by atoms with Gasteiger partial charge in [0.2, 0.25) is 5.88 Å². The Labute approximate surface area is 171 Å². The summed E-state index contributed by atoms with van der Waals surface area (Å²) in [5, 5.41) is 13.4. The number of carboxylic acid groups (broad SMARTS) is 1.